The van der Waals surface area contributed by atoms with Crippen LogP contribution in [0.1, 0.15) is 43.0 Å². The maximum Gasteiger partial charge on any atom is 0.313 e. The smallest absolute Gasteiger partial charge is 0.313 e. The molecule has 11 heteroatoms. The number of nitrogens with zero attached hydrogens (tertiary/aromatic N) is 2. The van der Waals surface area contributed by atoms with E-state index in [1.54, 1.807) is 79.8 Å². The quantitative estimate of drug-likeness (QED) is 0.293. The first-order chi connectivity index (χ1) is 24.2. The van der Waals surface area contributed by atoms with Gasteiger partial charge in [0.05, 0.1) is 41.4 Å². The maximum absolute atomic E-state index is 15.0. The van der Waals surface area contributed by atoms with Crippen molar-refractivity contribution in [3.05, 3.63) is 125 Å². The second-order valence-electron chi connectivity index (χ2n) is 13.1. The monoisotopic (exact) mass is 695 g/mol. The summed E-state index contributed by atoms with van der Waals surface area (Å²) in [5, 5.41) is 14.2. The average Bonchev–Trinajstić information content (AvgIpc) is 3.51. The number of likely N-dealkylation sites (tertiary alicyclic amines) is 1. The molecule has 2 saturated heterocycles. The molecule has 0 aromatic heterocycles. The first-order valence-corrected chi connectivity index (χ1v) is 17.2. The lowest BCUT2D eigenvalue weighted by atomic mass is 9.77. The van der Waals surface area contributed by atoms with Crippen LogP contribution in [0.25, 0.3) is 0 Å². The lowest BCUT2D eigenvalue weighted by Crippen LogP contribution is -2.56. The molecule has 0 radical (unpaired) electrons. The molecule has 10 nitrogen and oxygen atoms in total. The number of carbonyl (C=O) groups excluding carboxylic acids is 4. The molecule has 258 valence electrons. The Labute approximate surface area is 295 Å². The van der Waals surface area contributed by atoms with Crippen molar-refractivity contribution in [1.29, 1.82) is 0 Å². The highest BCUT2D eigenvalue weighted by molar-refractivity contribution is 6.34. The van der Waals surface area contributed by atoms with Gasteiger partial charge >= 0.3 is 5.97 Å². The van der Waals surface area contributed by atoms with Gasteiger partial charge in [-0.15, -0.1) is 0 Å². The average molecular weight is 696 g/mol. The summed E-state index contributed by atoms with van der Waals surface area (Å²) in [6, 6.07) is 22.3. The van der Waals surface area contributed by atoms with E-state index in [2.05, 4.69) is 5.32 Å². The second-order valence-corrected chi connectivity index (χ2v) is 13.5. The van der Waals surface area contributed by atoms with Crippen LogP contribution in [0.15, 0.2) is 109 Å². The van der Waals surface area contributed by atoms with E-state index in [4.69, 9.17) is 21.1 Å². The Bertz CT molecular complexity index is 1840. The van der Waals surface area contributed by atoms with Crippen LogP contribution in [0.3, 0.4) is 0 Å². The molecule has 4 heterocycles. The van der Waals surface area contributed by atoms with Gasteiger partial charge in [0.25, 0.3) is 5.91 Å². The second kappa shape index (κ2) is 13.9. The number of allylic oxidation sites excluding steroid dienone is 1. The number of aliphatic hydroxyl groups is 1. The number of cyclic esters (lactones) is 1. The summed E-state index contributed by atoms with van der Waals surface area (Å²) in [6.45, 7) is 1.42. The Kier molecular flexibility index (Phi) is 9.34. The SMILES string of the molecule is C[C@@H]1NC(=O)CC/C=C\[C@@H]2O[C@@]34C=CCN(c5ccccc5Cl)C(=O)[C@@H]3N([C@H](CO)c3ccccc3)C(=O)[C@H]4[C@@H]2C(=O)O[C@H]1c1ccccc1. The summed E-state index contributed by atoms with van der Waals surface area (Å²) < 4.78 is 13.1. The van der Waals surface area contributed by atoms with Gasteiger partial charge in [0.15, 0.2) is 0 Å². The largest absolute Gasteiger partial charge is 0.455 e. The number of aliphatic hydroxyl groups excluding tert-OH is 1. The highest BCUT2D eigenvalue weighted by Crippen LogP contribution is 2.55. The van der Waals surface area contributed by atoms with Crippen LogP contribution in [0.5, 0.6) is 0 Å². The van der Waals surface area contributed by atoms with E-state index in [1.165, 1.54) is 9.80 Å². The van der Waals surface area contributed by atoms with Gasteiger partial charge in [0.1, 0.15) is 23.7 Å². The standard InChI is InChI=1S/C39H38ClN3O7/c1-24-34(26-15-6-3-7-16-26)49-38(48)32-30(19-10-11-20-31(45)41-24)50-39-21-12-22-42(28-18-9-8-17-27(28)40)37(47)35(39)43(36(46)33(32)39)29(23-44)25-13-4-2-5-14-25/h2-10,12-19,21,24,29-30,32-35,44H,11,20,22-23H2,1H3,(H,41,45)/b19-10-/t24-,29+,30-,32+,33+,34+,35-,39+/m0/s1. The number of benzene rings is 3. The lowest BCUT2D eigenvalue weighted by Gasteiger charge is -2.38. The van der Waals surface area contributed by atoms with E-state index in [9.17, 15) is 19.5 Å². The van der Waals surface area contributed by atoms with Crippen molar-refractivity contribution in [3.63, 3.8) is 0 Å². The zero-order valence-electron chi connectivity index (χ0n) is 27.4. The third kappa shape index (κ3) is 5.81. The number of ether oxygens (including phenoxy) is 2. The topological polar surface area (TPSA) is 125 Å². The first kappa shape index (κ1) is 33.7. The number of hydrogen-bond donors (Lipinski definition) is 2. The number of para-hydroxylation sites is 1. The fraction of sp³-hybridized carbons (Fsp3) is 0.333. The predicted octanol–water partition coefficient (Wildman–Crippen LogP) is 4.70. The molecular formula is C39H38ClN3O7. The molecule has 50 heavy (non-hydrogen) atoms. The molecule has 8 atom stereocenters. The van der Waals surface area contributed by atoms with Crippen LogP contribution in [0, 0.1) is 11.8 Å². The molecule has 1 spiro atoms. The Morgan fingerprint density at radius 3 is 2.36 bits per heavy atom. The minimum absolute atomic E-state index is 0.130. The zero-order chi connectivity index (χ0) is 35.0. The Morgan fingerprint density at radius 1 is 0.940 bits per heavy atom. The molecule has 0 bridgehead atoms. The third-order valence-corrected chi connectivity index (χ3v) is 10.4. The molecule has 3 amide bonds. The summed E-state index contributed by atoms with van der Waals surface area (Å²) in [6.07, 6.45) is 5.69. The summed E-state index contributed by atoms with van der Waals surface area (Å²) in [4.78, 5) is 60.3. The molecule has 7 rings (SSSR count). The number of halogens is 1. The van der Waals surface area contributed by atoms with Crippen molar-refractivity contribution in [3.8, 4) is 0 Å². The van der Waals surface area contributed by atoms with Gasteiger partial charge in [-0.3, -0.25) is 19.2 Å². The van der Waals surface area contributed by atoms with E-state index >= 15 is 4.79 Å². The number of esters is 1. The fourth-order valence-electron chi connectivity index (χ4n) is 7.90. The number of anilines is 1. The zero-order valence-corrected chi connectivity index (χ0v) is 28.2. The van der Waals surface area contributed by atoms with Crippen molar-refractivity contribution in [2.45, 2.75) is 55.7 Å². The molecule has 0 unspecified atom stereocenters. The Balaban J connectivity index is 1.37. The van der Waals surface area contributed by atoms with E-state index in [0.717, 1.165) is 0 Å². The van der Waals surface area contributed by atoms with Crippen LogP contribution in [0.2, 0.25) is 5.02 Å². The van der Waals surface area contributed by atoms with Crippen molar-refractivity contribution in [2.75, 3.05) is 18.1 Å². The van der Waals surface area contributed by atoms with E-state index in [-0.39, 0.29) is 18.9 Å². The molecule has 2 fully saturated rings. The van der Waals surface area contributed by atoms with Crippen LogP contribution in [-0.2, 0) is 28.7 Å². The predicted molar refractivity (Wildman–Crippen MR) is 186 cm³/mol. The highest BCUT2D eigenvalue weighted by atomic mass is 35.5. The van der Waals surface area contributed by atoms with Crippen LogP contribution >= 0.6 is 11.6 Å². The van der Waals surface area contributed by atoms with Gasteiger partial charge < -0.3 is 29.7 Å². The lowest BCUT2D eigenvalue weighted by molar-refractivity contribution is -0.161. The van der Waals surface area contributed by atoms with Gasteiger partial charge in [-0.05, 0) is 36.6 Å². The van der Waals surface area contributed by atoms with Gasteiger partial charge in [0.2, 0.25) is 11.8 Å². The summed E-state index contributed by atoms with van der Waals surface area (Å²) in [7, 11) is 0. The Morgan fingerprint density at radius 2 is 1.64 bits per heavy atom. The molecule has 4 aliphatic heterocycles. The summed E-state index contributed by atoms with van der Waals surface area (Å²) >= 11 is 6.61. The minimum atomic E-state index is -1.60. The molecule has 2 N–H and O–H groups in total. The third-order valence-electron chi connectivity index (χ3n) is 10.1. The van der Waals surface area contributed by atoms with Crippen molar-refractivity contribution in [1.82, 2.24) is 10.2 Å². The molecule has 0 aliphatic carbocycles. The number of nitrogens with one attached hydrogen (secondary N) is 1. The number of carbonyl (C=O) groups is 4. The van der Waals surface area contributed by atoms with Crippen molar-refractivity contribution < 1.29 is 33.8 Å². The molecular weight excluding hydrogens is 658 g/mol. The number of amides is 3. The van der Waals surface area contributed by atoms with Gasteiger partial charge in [0, 0.05) is 13.0 Å². The minimum Gasteiger partial charge on any atom is -0.455 e. The van der Waals surface area contributed by atoms with Gasteiger partial charge in [-0.25, -0.2) is 0 Å². The van der Waals surface area contributed by atoms with E-state index in [0.29, 0.717) is 28.3 Å². The number of rotatable bonds is 5. The van der Waals surface area contributed by atoms with Crippen molar-refractivity contribution >= 4 is 41.0 Å². The normalized spacial score (nSPS) is 30.9. The van der Waals surface area contributed by atoms with Crippen LogP contribution in [-0.4, -0.2) is 70.6 Å². The highest BCUT2D eigenvalue weighted by Gasteiger charge is 2.72. The summed E-state index contributed by atoms with van der Waals surface area (Å²) in [5.41, 5.74) is 0.147. The Hall–Kier alpha value is -4.77. The van der Waals surface area contributed by atoms with Crippen LogP contribution < -0.4 is 10.2 Å². The van der Waals surface area contributed by atoms with Crippen LogP contribution in [0.4, 0.5) is 5.69 Å². The van der Waals surface area contributed by atoms with Gasteiger partial charge in [-0.2, -0.15) is 0 Å². The molecule has 3 aromatic carbocycles. The van der Waals surface area contributed by atoms with Gasteiger partial charge in [-0.1, -0.05) is 109 Å². The maximum atomic E-state index is 15.0. The van der Waals surface area contributed by atoms with Crippen molar-refractivity contribution in [2.24, 2.45) is 11.8 Å². The number of hydrogen-bond acceptors (Lipinski definition) is 7. The summed E-state index contributed by atoms with van der Waals surface area (Å²) in [5.74, 6) is -4.20. The number of fused-ring (bicyclic) bond motifs is 2. The fourth-order valence-corrected chi connectivity index (χ4v) is 8.13. The molecule has 4 aliphatic rings. The van der Waals surface area contributed by atoms with E-state index < -0.39 is 72.2 Å². The van der Waals surface area contributed by atoms with E-state index in [1.807, 2.05) is 36.4 Å². The first-order valence-electron chi connectivity index (χ1n) is 16.9. The molecule has 3 aromatic rings. The molecule has 0 saturated carbocycles.